The number of rotatable bonds is 4. The van der Waals surface area contributed by atoms with E-state index in [0.29, 0.717) is 24.3 Å². The summed E-state index contributed by atoms with van der Waals surface area (Å²) in [5, 5.41) is 4.02. The number of benzene rings is 1. The third-order valence-corrected chi connectivity index (χ3v) is 6.06. The number of hydrogen-bond acceptors (Lipinski definition) is 4. The van der Waals surface area contributed by atoms with Crippen LogP contribution in [0, 0.1) is 0 Å². The fourth-order valence-electron chi connectivity index (χ4n) is 2.99. The molecule has 2 heterocycles. The minimum Gasteiger partial charge on any atom is -0.337 e. The molecule has 0 saturated heterocycles. The highest BCUT2D eigenvalue weighted by atomic mass is 32.2. The van der Waals surface area contributed by atoms with Gasteiger partial charge in [-0.1, -0.05) is 0 Å². The molecule has 1 amide bonds. The molecule has 0 spiro atoms. The average molecular weight is 364 g/mol. The molecule has 0 N–H and O–H groups in total. The second-order valence-corrected chi connectivity index (χ2v) is 8.76. The number of carbonyl (C=O) groups excluding carboxylic acids is 1. The fraction of sp³-hybridized carbons (Fsp3) is 0.353. The Kier molecular flexibility index (Phi) is 4.64. The van der Waals surface area contributed by atoms with Gasteiger partial charge in [0.05, 0.1) is 11.9 Å². The molecule has 24 heavy (non-hydrogen) atoms. The molecule has 0 bridgehead atoms. The van der Waals surface area contributed by atoms with Crippen molar-refractivity contribution in [3.63, 3.8) is 0 Å². The zero-order valence-electron chi connectivity index (χ0n) is 13.7. The van der Waals surface area contributed by atoms with Crippen molar-refractivity contribution in [2.24, 2.45) is 0 Å². The molecule has 7 heteroatoms. The van der Waals surface area contributed by atoms with Gasteiger partial charge in [0, 0.05) is 25.7 Å². The quantitative estimate of drug-likeness (QED) is 0.838. The number of thiophene rings is 1. The molecule has 1 aromatic heterocycles. The monoisotopic (exact) mass is 364 g/mol. The molecule has 128 valence electrons. The molecular weight excluding hydrogens is 344 g/mol. The standard InChI is InChI=1S/C17H20N2O3S2/c1-18(11-13-7-9-23-12-13)17(20)15-5-6-16-14(10-15)4-3-8-19(16)24(2,21)22/h5-7,9-10,12H,3-4,8,11H2,1-2H3. The Balaban J connectivity index is 1.84. The highest BCUT2D eigenvalue weighted by molar-refractivity contribution is 7.92. The van der Waals surface area contributed by atoms with E-state index in [1.165, 1.54) is 10.6 Å². The summed E-state index contributed by atoms with van der Waals surface area (Å²) in [5.41, 5.74) is 3.32. The van der Waals surface area contributed by atoms with E-state index in [2.05, 4.69) is 0 Å². The predicted octanol–water partition coefficient (Wildman–Crippen LogP) is 2.73. The first-order valence-corrected chi connectivity index (χ1v) is 10.5. The summed E-state index contributed by atoms with van der Waals surface area (Å²) in [6, 6.07) is 7.31. The second kappa shape index (κ2) is 6.57. The molecule has 0 fully saturated rings. The van der Waals surface area contributed by atoms with Gasteiger partial charge in [0.25, 0.3) is 5.91 Å². The van der Waals surface area contributed by atoms with Gasteiger partial charge in [-0.05, 0) is 59.0 Å². The van der Waals surface area contributed by atoms with Crippen LogP contribution in [0.4, 0.5) is 5.69 Å². The van der Waals surface area contributed by atoms with Crippen LogP contribution >= 0.6 is 11.3 Å². The topological polar surface area (TPSA) is 57.7 Å². The second-order valence-electron chi connectivity index (χ2n) is 6.07. The van der Waals surface area contributed by atoms with Gasteiger partial charge in [-0.3, -0.25) is 9.10 Å². The number of fused-ring (bicyclic) bond motifs is 1. The van der Waals surface area contributed by atoms with Crippen LogP contribution < -0.4 is 4.31 Å². The molecule has 0 aliphatic carbocycles. The Morgan fingerprint density at radius 2 is 2.12 bits per heavy atom. The van der Waals surface area contributed by atoms with E-state index in [1.54, 1.807) is 35.4 Å². The Morgan fingerprint density at radius 3 is 2.79 bits per heavy atom. The minimum absolute atomic E-state index is 0.0551. The van der Waals surface area contributed by atoms with Crippen molar-refractivity contribution in [2.75, 3.05) is 24.2 Å². The summed E-state index contributed by atoms with van der Waals surface area (Å²) in [6.07, 6.45) is 2.77. The number of sulfonamides is 1. The van der Waals surface area contributed by atoms with Crippen LogP contribution in [0.25, 0.3) is 0 Å². The van der Waals surface area contributed by atoms with Gasteiger partial charge in [0.15, 0.2) is 0 Å². The SMILES string of the molecule is CN(Cc1ccsc1)C(=O)c1ccc2c(c1)CCCN2S(C)(=O)=O. The molecule has 0 unspecified atom stereocenters. The van der Waals surface area contributed by atoms with Crippen molar-refractivity contribution in [1.29, 1.82) is 0 Å². The van der Waals surface area contributed by atoms with Crippen molar-refractivity contribution < 1.29 is 13.2 Å². The maximum absolute atomic E-state index is 12.6. The number of aryl methyl sites for hydroxylation is 1. The first-order chi connectivity index (χ1) is 11.4. The van der Waals surface area contributed by atoms with Crippen molar-refractivity contribution in [1.82, 2.24) is 4.90 Å². The lowest BCUT2D eigenvalue weighted by atomic mass is 10.0. The Morgan fingerprint density at radius 1 is 1.33 bits per heavy atom. The molecule has 3 rings (SSSR count). The maximum Gasteiger partial charge on any atom is 0.253 e. The van der Waals surface area contributed by atoms with Gasteiger partial charge in [-0.2, -0.15) is 11.3 Å². The highest BCUT2D eigenvalue weighted by Gasteiger charge is 2.25. The normalized spacial score (nSPS) is 14.3. The van der Waals surface area contributed by atoms with Gasteiger partial charge in [-0.25, -0.2) is 8.42 Å². The van der Waals surface area contributed by atoms with Crippen LogP contribution in [-0.2, 0) is 23.0 Å². The van der Waals surface area contributed by atoms with Gasteiger partial charge in [0.2, 0.25) is 10.0 Å². The lowest BCUT2D eigenvalue weighted by Gasteiger charge is -2.29. The van der Waals surface area contributed by atoms with E-state index < -0.39 is 10.0 Å². The van der Waals surface area contributed by atoms with Crippen LogP contribution in [0.15, 0.2) is 35.0 Å². The van der Waals surface area contributed by atoms with Crippen molar-refractivity contribution in [3.05, 3.63) is 51.7 Å². The molecule has 1 aromatic carbocycles. The Bertz CT molecular complexity index is 845. The third kappa shape index (κ3) is 3.47. The molecule has 0 radical (unpaired) electrons. The number of carbonyl (C=O) groups is 1. The number of hydrogen-bond donors (Lipinski definition) is 0. The van der Waals surface area contributed by atoms with Crippen LogP contribution in [-0.4, -0.2) is 39.1 Å². The van der Waals surface area contributed by atoms with Crippen molar-refractivity contribution >= 4 is 33.0 Å². The minimum atomic E-state index is -3.28. The summed E-state index contributed by atoms with van der Waals surface area (Å²) in [6.45, 7) is 1.06. The summed E-state index contributed by atoms with van der Waals surface area (Å²) < 4.78 is 25.2. The van der Waals surface area contributed by atoms with Gasteiger partial charge in [-0.15, -0.1) is 0 Å². The summed E-state index contributed by atoms with van der Waals surface area (Å²) >= 11 is 1.61. The molecule has 1 aliphatic rings. The summed E-state index contributed by atoms with van der Waals surface area (Å²) in [5.74, 6) is -0.0551. The molecule has 2 aromatic rings. The first kappa shape index (κ1) is 17.0. The Labute approximate surface area is 146 Å². The van der Waals surface area contributed by atoms with Gasteiger partial charge < -0.3 is 4.90 Å². The van der Waals surface area contributed by atoms with E-state index in [1.807, 2.05) is 22.9 Å². The average Bonchev–Trinajstić information content (AvgIpc) is 3.05. The zero-order valence-corrected chi connectivity index (χ0v) is 15.4. The molecule has 0 saturated carbocycles. The highest BCUT2D eigenvalue weighted by Crippen LogP contribution is 2.30. The first-order valence-electron chi connectivity index (χ1n) is 7.73. The van der Waals surface area contributed by atoms with E-state index >= 15 is 0 Å². The number of amides is 1. The predicted molar refractivity (Wildman–Crippen MR) is 97.1 cm³/mol. The number of anilines is 1. The number of nitrogens with zero attached hydrogens (tertiary/aromatic N) is 2. The van der Waals surface area contributed by atoms with E-state index in [-0.39, 0.29) is 5.91 Å². The maximum atomic E-state index is 12.6. The van der Waals surface area contributed by atoms with E-state index in [9.17, 15) is 13.2 Å². The zero-order chi connectivity index (χ0) is 17.3. The molecule has 5 nitrogen and oxygen atoms in total. The summed E-state index contributed by atoms with van der Waals surface area (Å²) in [7, 11) is -1.50. The van der Waals surface area contributed by atoms with E-state index in [0.717, 1.165) is 24.0 Å². The van der Waals surface area contributed by atoms with Crippen LogP contribution in [0.5, 0.6) is 0 Å². The summed E-state index contributed by atoms with van der Waals surface area (Å²) in [4.78, 5) is 14.3. The van der Waals surface area contributed by atoms with Gasteiger partial charge >= 0.3 is 0 Å². The van der Waals surface area contributed by atoms with Crippen molar-refractivity contribution in [2.45, 2.75) is 19.4 Å². The fourth-order valence-corrected chi connectivity index (χ4v) is 4.64. The van der Waals surface area contributed by atoms with Crippen LogP contribution in [0.2, 0.25) is 0 Å². The van der Waals surface area contributed by atoms with E-state index in [4.69, 9.17) is 0 Å². The lowest BCUT2D eigenvalue weighted by molar-refractivity contribution is 0.0785. The smallest absolute Gasteiger partial charge is 0.253 e. The Hall–Kier alpha value is -1.86. The van der Waals surface area contributed by atoms with Crippen molar-refractivity contribution in [3.8, 4) is 0 Å². The largest absolute Gasteiger partial charge is 0.337 e. The lowest BCUT2D eigenvalue weighted by Crippen LogP contribution is -2.34. The third-order valence-electron chi connectivity index (χ3n) is 4.15. The van der Waals surface area contributed by atoms with Crippen LogP contribution in [0.3, 0.4) is 0 Å². The van der Waals surface area contributed by atoms with Crippen LogP contribution in [0.1, 0.15) is 27.9 Å². The molecule has 0 atom stereocenters. The van der Waals surface area contributed by atoms with Gasteiger partial charge in [0.1, 0.15) is 0 Å². The molecular formula is C17H20N2O3S2. The molecule has 1 aliphatic heterocycles.